The van der Waals surface area contributed by atoms with Crippen LogP contribution in [0.5, 0.6) is 0 Å². The van der Waals surface area contributed by atoms with E-state index in [0.717, 1.165) is 19.4 Å². The van der Waals surface area contributed by atoms with Crippen LogP contribution in [0.1, 0.15) is 12.8 Å². The summed E-state index contributed by atoms with van der Waals surface area (Å²) >= 11 is 5.15. The van der Waals surface area contributed by atoms with Gasteiger partial charge in [0.05, 0.1) is 12.1 Å². The molecule has 1 aliphatic heterocycles. The van der Waals surface area contributed by atoms with Crippen molar-refractivity contribution in [3.05, 3.63) is 34.9 Å². The van der Waals surface area contributed by atoms with Gasteiger partial charge in [-0.05, 0) is 37.2 Å². The summed E-state index contributed by atoms with van der Waals surface area (Å²) < 4.78 is 20.7. The van der Waals surface area contributed by atoms with Crippen molar-refractivity contribution in [1.82, 2.24) is 9.78 Å². The highest BCUT2D eigenvalue weighted by atomic mass is 32.1. The molecule has 5 nitrogen and oxygen atoms in total. The first-order valence-corrected chi connectivity index (χ1v) is 7.39. The van der Waals surface area contributed by atoms with Crippen molar-refractivity contribution in [2.75, 3.05) is 13.1 Å². The Kier molecular flexibility index (Phi) is 4.14. The molecule has 0 aliphatic carbocycles. The molecule has 2 N–H and O–H groups in total. The fourth-order valence-electron chi connectivity index (χ4n) is 2.63. The van der Waals surface area contributed by atoms with E-state index in [1.165, 1.54) is 11.0 Å². The van der Waals surface area contributed by atoms with Crippen molar-refractivity contribution in [3.8, 4) is 11.5 Å². The Balaban J connectivity index is 1.82. The van der Waals surface area contributed by atoms with E-state index in [-0.39, 0.29) is 22.6 Å². The van der Waals surface area contributed by atoms with Crippen LogP contribution < -0.4 is 4.90 Å². The molecular weight excluding hydrogens is 293 g/mol. The van der Waals surface area contributed by atoms with Crippen LogP contribution in [0.3, 0.4) is 0 Å². The zero-order chi connectivity index (χ0) is 14.8. The summed E-state index contributed by atoms with van der Waals surface area (Å²) in [5, 5.41) is 14.0. The molecule has 0 saturated carbocycles. The number of quaternary nitrogens is 1. The van der Waals surface area contributed by atoms with E-state index >= 15 is 0 Å². The maximum absolute atomic E-state index is 13.7. The lowest BCUT2D eigenvalue weighted by Gasteiger charge is -2.26. The predicted molar refractivity (Wildman–Crippen MR) is 76.7 cm³/mol. The van der Waals surface area contributed by atoms with Gasteiger partial charge in [0.1, 0.15) is 18.5 Å². The van der Waals surface area contributed by atoms with Gasteiger partial charge in [0.25, 0.3) is 4.84 Å². The van der Waals surface area contributed by atoms with Crippen LogP contribution in [-0.4, -0.2) is 34.1 Å². The molecule has 3 rings (SSSR count). The monoisotopic (exact) mass is 310 g/mol. The molecule has 0 spiro atoms. The van der Waals surface area contributed by atoms with Crippen LogP contribution in [0.25, 0.3) is 11.5 Å². The van der Waals surface area contributed by atoms with Gasteiger partial charge < -0.3 is 14.4 Å². The second-order valence-corrected chi connectivity index (χ2v) is 5.66. The number of rotatable bonds is 3. The maximum atomic E-state index is 13.7. The first-order valence-electron chi connectivity index (χ1n) is 6.98. The summed E-state index contributed by atoms with van der Waals surface area (Å²) in [6, 6.07) is 6.31. The summed E-state index contributed by atoms with van der Waals surface area (Å²) in [7, 11) is 0. The highest BCUT2D eigenvalue weighted by Crippen LogP contribution is 2.20. The van der Waals surface area contributed by atoms with Gasteiger partial charge in [-0.25, -0.2) is 4.39 Å². The highest BCUT2D eigenvalue weighted by Gasteiger charge is 2.22. The molecule has 1 aromatic carbocycles. The number of hydrogen-bond donors (Lipinski definition) is 2. The zero-order valence-electron chi connectivity index (χ0n) is 11.5. The lowest BCUT2D eigenvalue weighted by atomic mass is 10.1. The average molecular weight is 310 g/mol. The van der Waals surface area contributed by atoms with Gasteiger partial charge >= 0.3 is 0 Å². The molecule has 0 bridgehead atoms. The molecular formula is C14H17FN3O2S+. The van der Waals surface area contributed by atoms with Gasteiger partial charge in [0, 0.05) is 0 Å². The van der Waals surface area contributed by atoms with E-state index in [2.05, 4.69) is 5.10 Å². The number of halogens is 1. The summed E-state index contributed by atoms with van der Waals surface area (Å²) in [4.78, 5) is 1.42. The van der Waals surface area contributed by atoms with Crippen LogP contribution in [0, 0.1) is 10.7 Å². The topological polar surface area (TPSA) is 55.6 Å². The van der Waals surface area contributed by atoms with Gasteiger partial charge in [-0.15, -0.1) is 5.10 Å². The van der Waals surface area contributed by atoms with Gasteiger partial charge in [0.2, 0.25) is 5.89 Å². The van der Waals surface area contributed by atoms with Crippen molar-refractivity contribution in [2.24, 2.45) is 0 Å². The molecule has 1 unspecified atom stereocenters. The maximum Gasteiger partial charge on any atom is 0.292 e. The normalized spacial score (nSPS) is 22.4. The molecule has 7 heteroatoms. The number of benzene rings is 1. The first kappa shape index (κ1) is 14.4. The molecule has 0 amide bonds. The van der Waals surface area contributed by atoms with Crippen LogP contribution in [-0.2, 0) is 6.67 Å². The second-order valence-electron chi connectivity index (χ2n) is 5.31. The SMILES string of the molecule is O[C@H]1CCC[NH+](Cn2nc(-c3ccccc3F)oc2=S)C1. The molecule has 21 heavy (non-hydrogen) atoms. The lowest BCUT2D eigenvalue weighted by Crippen LogP contribution is -3.13. The summed E-state index contributed by atoms with van der Waals surface area (Å²) in [6.07, 6.45) is 1.54. The Morgan fingerprint density at radius 3 is 3.05 bits per heavy atom. The van der Waals surface area contributed by atoms with Crippen LogP contribution in [0.4, 0.5) is 4.39 Å². The summed E-state index contributed by atoms with van der Waals surface area (Å²) in [5.74, 6) is -0.198. The van der Waals surface area contributed by atoms with Crippen LogP contribution in [0.2, 0.25) is 0 Å². The van der Waals surface area contributed by atoms with Crippen molar-refractivity contribution >= 4 is 12.2 Å². The number of hydrogen-bond acceptors (Lipinski definition) is 4. The Bertz CT molecular complexity index is 685. The van der Waals surface area contributed by atoms with Crippen LogP contribution in [0.15, 0.2) is 28.7 Å². The molecule has 1 fully saturated rings. The van der Waals surface area contributed by atoms with Crippen molar-refractivity contribution < 1.29 is 18.8 Å². The molecule has 0 radical (unpaired) electrons. The molecule has 2 atom stereocenters. The summed E-state index contributed by atoms with van der Waals surface area (Å²) in [6.45, 7) is 2.15. The Morgan fingerprint density at radius 1 is 1.48 bits per heavy atom. The number of aliphatic hydroxyl groups is 1. The van der Waals surface area contributed by atoms with Crippen molar-refractivity contribution in [2.45, 2.75) is 25.6 Å². The number of nitrogens with one attached hydrogen (secondary N) is 1. The largest absolute Gasteiger partial charge is 0.409 e. The molecule has 1 aromatic heterocycles. The first-order chi connectivity index (χ1) is 10.1. The Labute approximate surface area is 126 Å². The third kappa shape index (κ3) is 3.20. The van der Waals surface area contributed by atoms with Crippen molar-refractivity contribution in [3.63, 3.8) is 0 Å². The van der Waals surface area contributed by atoms with Gasteiger partial charge in [0.15, 0.2) is 6.67 Å². The predicted octanol–water partition coefficient (Wildman–Crippen LogP) is 1.01. The van der Waals surface area contributed by atoms with E-state index in [0.29, 0.717) is 18.8 Å². The molecule has 1 saturated heterocycles. The Hall–Kier alpha value is -1.57. The van der Waals surface area contributed by atoms with E-state index in [1.807, 2.05) is 0 Å². The minimum absolute atomic E-state index is 0.190. The van der Waals surface area contributed by atoms with Crippen molar-refractivity contribution in [1.29, 1.82) is 0 Å². The Morgan fingerprint density at radius 2 is 2.29 bits per heavy atom. The fourth-order valence-corrected chi connectivity index (χ4v) is 2.81. The van der Waals surface area contributed by atoms with Gasteiger partial charge in [-0.2, -0.15) is 4.68 Å². The third-order valence-electron chi connectivity index (χ3n) is 3.68. The standard InChI is InChI=1S/C14H16FN3O2S/c15-12-6-2-1-5-11(12)13-16-18(14(21)20-13)9-17-7-3-4-10(19)8-17/h1-2,5-6,10,19H,3-4,7-9H2/p+1/t10-/m0/s1. The van der Waals surface area contributed by atoms with E-state index in [9.17, 15) is 9.50 Å². The molecule has 112 valence electrons. The zero-order valence-corrected chi connectivity index (χ0v) is 12.3. The number of piperidine rings is 1. The van der Waals surface area contributed by atoms with E-state index in [4.69, 9.17) is 16.6 Å². The number of likely N-dealkylation sites (tertiary alicyclic amines) is 1. The van der Waals surface area contributed by atoms with E-state index in [1.54, 1.807) is 22.9 Å². The molecule has 1 aliphatic rings. The average Bonchev–Trinajstić information content (AvgIpc) is 2.80. The number of aliphatic hydroxyl groups excluding tert-OH is 1. The van der Waals surface area contributed by atoms with Crippen LogP contribution >= 0.6 is 12.2 Å². The number of nitrogens with zero attached hydrogens (tertiary/aromatic N) is 2. The minimum Gasteiger partial charge on any atom is -0.409 e. The quantitative estimate of drug-likeness (QED) is 0.831. The minimum atomic E-state index is -0.387. The highest BCUT2D eigenvalue weighted by molar-refractivity contribution is 7.71. The lowest BCUT2D eigenvalue weighted by molar-refractivity contribution is -0.931. The smallest absolute Gasteiger partial charge is 0.292 e. The second kappa shape index (κ2) is 6.05. The third-order valence-corrected chi connectivity index (χ3v) is 3.97. The molecule has 2 heterocycles. The van der Waals surface area contributed by atoms with E-state index < -0.39 is 0 Å². The number of aromatic nitrogens is 2. The summed E-state index contributed by atoms with van der Waals surface area (Å²) in [5.41, 5.74) is 0.302. The van der Waals surface area contributed by atoms with Gasteiger partial charge in [-0.1, -0.05) is 12.1 Å². The fraction of sp³-hybridized carbons (Fsp3) is 0.429. The van der Waals surface area contributed by atoms with Gasteiger partial charge in [-0.3, -0.25) is 0 Å². The molecule has 2 aromatic rings.